The summed E-state index contributed by atoms with van der Waals surface area (Å²) in [5, 5.41) is 3.53. The van der Waals surface area contributed by atoms with Crippen LogP contribution in [0.5, 0.6) is 11.5 Å². The van der Waals surface area contributed by atoms with Gasteiger partial charge in [-0.3, -0.25) is 15.6 Å². The number of rotatable bonds is 7. The minimum absolute atomic E-state index is 0.0246. The van der Waals surface area contributed by atoms with Crippen LogP contribution in [0.3, 0.4) is 0 Å². The first-order valence-corrected chi connectivity index (χ1v) is 10.0. The summed E-state index contributed by atoms with van der Waals surface area (Å²) in [5.41, 5.74) is 6.64. The topological polar surface area (TPSA) is 71.6 Å². The Hall–Kier alpha value is -2.02. The molecule has 0 spiro atoms. The van der Waals surface area contributed by atoms with E-state index in [1.165, 1.54) is 25.7 Å². The van der Waals surface area contributed by atoms with Crippen LogP contribution in [0.4, 0.5) is 0 Å². The Bertz CT molecular complexity index is 682. The van der Waals surface area contributed by atoms with Crippen LogP contribution in [0.15, 0.2) is 18.2 Å². The molecule has 1 aromatic rings. The van der Waals surface area contributed by atoms with E-state index in [0.717, 1.165) is 23.8 Å². The molecule has 0 unspecified atom stereocenters. The van der Waals surface area contributed by atoms with Gasteiger partial charge in [0.2, 0.25) is 5.91 Å². The molecule has 0 aliphatic heterocycles. The molecule has 2 aliphatic rings. The highest BCUT2D eigenvalue weighted by molar-refractivity contribution is 7.80. The first-order valence-electron chi connectivity index (χ1n) is 9.62. The summed E-state index contributed by atoms with van der Waals surface area (Å²) in [5.74, 6) is 3.62. The van der Waals surface area contributed by atoms with Crippen molar-refractivity contribution in [2.45, 2.75) is 38.5 Å². The largest absolute Gasteiger partial charge is 0.493 e. The van der Waals surface area contributed by atoms with Crippen LogP contribution < -0.4 is 25.6 Å². The normalized spacial score (nSPS) is 23.0. The molecular weight excluding hydrogens is 362 g/mol. The summed E-state index contributed by atoms with van der Waals surface area (Å²) < 4.78 is 10.6. The zero-order valence-corrected chi connectivity index (χ0v) is 16.9. The monoisotopic (exact) mass is 391 g/mol. The van der Waals surface area contributed by atoms with Gasteiger partial charge in [0.05, 0.1) is 14.2 Å². The van der Waals surface area contributed by atoms with E-state index in [0.29, 0.717) is 35.5 Å². The lowest BCUT2D eigenvalue weighted by Gasteiger charge is -2.21. The van der Waals surface area contributed by atoms with E-state index in [1.807, 2.05) is 18.2 Å². The number of amides is 1. The van der Waals surface area contributed by atoms with Gasteiger partial charge in [0, 0.05) is 13.0 Å². The number of carbonyl (C=O) groups is 1. The minimum Gasteiger partial charge on any atom is -0.493 e. The van der Waals surface area contributed by atoms with Crippen LogP contribution in [0, 0.1) is 17.8 Å². The number of benzene rings is 1. The molecule has 0 aromatic heterocycles. The molecule has 27 heavy (non-hydrogen) atoms. The standard InChI is InChI=1S/C20H29N3O3S/c1-25-17-6-4-13(11-18(17)26-2)7-8-21-20(27)23-22-19(24)12-16-10-14-3-5-15(16)9-14/h4,6,11,14-16H,3,5,7-10,12H2,1-2H3,(H,22,24)(H2,21,23,27)/t14-,15+,16+/m0/s1. The zero-order valence-electron chi connectivity index (χ0n) is 16.0. The summed E-state index contributed by atoms with van der Waals surface area (Å²) in [4.78, 5) is 12.1. The third-order valence-corrected chi connectivity index (χ3v) is 6.04. The molecule has 3 rings (SSSR count). The number of ether oxygens (including phenoxy) is 2. The third kappa shape index (κ3) is 5.25. The van der Waals surface area contributed by atoms with Gasteiger partial charge in [-0.05, 0) is 73.4 Å². The second-order valence-electron chi connectivity index (χ2n) is 7.51. The van der Waals surface area contributed by atoms with Crippen molar-refractivity contribution in [2.24, 2.45) is 17.8 Å². The van der Waals surface area contributed by atoms with Crippen molar-refractivity contribution < 1.29 is 14.3 Å². The van der Waals surface area contributed by atoms with Crippen molar-refractivity contribution in [3.8, 4) is 11.5 Å². The van der Waals surface area contributed by atoms with E-state index in [4.69, 9.17) is 21.7 Å². The Morgan fingerprint density at radius 3 is 2.63 bits per heavy atom. The molecule has 2 saturated carbocycles. The van der Waals surface area contributed by atoms with Crippen LogP contribution in [0.25, 0.3) is 0 Å². The maximum atomic E-state index is 12.1. The van der Waals surface area contributed by atoms with Crippen molar-refractivity contribution >= 4 is 23.2 Å². The van der Waals surface area contributed by atoms with E-state index < -0.39 is 0 Å². The SMILES string of the molecule is COc1ccc(CCNC(=S)NNC(=O)C[C@H]2C[C@H]3CC[C@@H]2C3)cc1OC. The van der Waals surface area contributed by atoms with Gasteiger partial charge in [-0.25, -0.2) is 0 Å². The van der Waals surface area contributed by atoms with Crippen molar-refractivity contribution in [3.63, 3.8) is 0 Å². The maximum Gasteiger partial charge on any atom is 0.238 e. The summed E-state index contributed by atoms with van der Waals surface area (Å²) in [7, 11) is 3.24. The molecule has 6 nitrogen and oxygen atoms in total. The lowest BCUT2D eigenvalue weighted by atomic mass is 9.86. The molecule has 0 heterocycles. The van der Waals surface area contributed by atoms with Gasteiger partial charge in [-0.1, -0.05) is 12.5 Å². The van der Waals surface area contributed by atoms with Gasteiger partial charge in [-0.15, -0.1) is 0 Å². The molecule has 3 N–H and O–H groups in total. The van der Waals surface area contributed by atoms with Gasteiger partial charge in [0.1, 0.15) is 0 Å². The number of nitrogens with one attached hydrogen (secondary N) is 3. The fourth-order valence-electron chi connectivity index (χ4n) is 4.44. The second kappa shape index (κ2) is 9.26. The summed E-state index contributed by atoms with van der Waals surface area (Å²) in [6.07, 6.45) is 6.57. The number of hydrogen-bond donors (Lipinski definition) is 3. The Kier molecular flexibility index (Phi) is 6.77. The Balaban J connectivity index is 1.33. The number of methoxy groups -OCH3 is 2. The zero-order chi connectivity index (χ0) is 19.2. The number of fused-ring (bicyclic) bond motifs is 2. The van der Waals surface area contributed by atoms with Gasteiger partial charge < -0.3 is 14.8 Å². The number of hydrazine groups is 1. The molecule has 2 bridgehead atoms. The summed E-state index contributed by atoms with van der Waals surface area (Å²) in [6.45, 7) is 0.656. The van der Waals surface area contributed by atoms with Gasteiger partial charge >= 0.3 is 0 Å². The predicted molar refractivity (Wildman–Crippen MR) is 109 cm³/mol. The lowest BCUT2D eigenvalue weighted by molar-refractivity contribution is -0.122. The highest BCUT2D eigenvalue weighted by Gasteiger charge is 2.40. The fraction of sp³-hybridized carbons (Fsp3) is 0.600. The first-order chi connectivity index (χ1) is 13.1. The smallest absolute Gasteiger partial charge is 0.238 e. The van der Waals surface area contributed by atoms with Gasteiger partial charge in [0.25, 0.3) is 0 Å². The van der Waals surface area contributed by atoms with Crippen LogP contribution in [0.1, 0.15) is 37.7 Å². The molecular formula is C20H29N3O3S. The quantitative estimate of drug-likeness (QED) is 0.490. The molecule has 1 amide bonds. The van der Waals surface area contributed by atoms with Gasteiger partial charge in [-0.2, -0.15) is 0 Å². The fourth-order valence-corrected chi connectivity index (χ4v) is 4.60. The summed E-state index contributed by atoms with van der Waals surface area (Å²) in [6, 6.07) is 5.84. The highest BCUT2D eigenvalue weighted by Crippen LogP contribution is 2.49. The number of thiocarbonyl (C=S) groups is 1. The van der Waals surface area contributed by atoms with Crippen molar-refractivity contribution in [2.75, 3.05) is 20.8 Å². The van der Waals surface area contributed by atoms with Gasteiger partial charge in [0.15, 0.2) is 16.6 Å². The van der Waals surface area contributed by atoms with Crippen LogP contribution in [-0.4, -0.2) is 31.8 Å². The Morgan fingerprint density at radius 2 is 1.96 bits per heavy atom. The van der Waals surface area contributed by atoms with Crippen molar-refractivity contribution in [1.82, 2.24) is 16.2 Å². The predicted octanol–water partition coefficient (Wildman–Crippen LogP) is 2.57. The number of hydrogen-bond acceptors (Lipinski definition) is 4. The average Bonchev–Trinajstić information content (AvgIpc) is 3.29. The first kappa shape index (κ1) is 19.7. The summed E-state index contributed by atoms with van der Waals surface area (Å²) >= 11 is 5.23. The number of carbonyl (C=O) groups excluding carboxylic acids is 1. The minimum atomic E-state index is 0.0246. The van der Waals surface area contributed by atoms with Crippen LogP contribution >= 0.6 is 12.2 Å². The molecule has 3 atom stereocenters. The lowest BCUT2D eigenvalue weighted by Crippen LogP contribution is -2.47. The van der Waals surface area contributed by atoms with Crippen molar-refractivity contribution in [1.29, 1.82) is 0 Å². The molecule has 0 radical (unpaired) electrons. The van der Waals surface area contributed by atoms with E-state index in [1.54, 1.807) is 14.2 Å². The van der Waals surface area contributed by atoms with E-state index in [-0.39, 0.29) is 5.91 Å². The molecule has 1 aromatic carbocycles. The molecule has 2 aliphatic carbocycles. The molecule has 7 heteroatoms. The van der Waals surface area contributed by atoms with Crippen molar-refractivity contribution in [3.05, 3.63) is 23.8 Å². The second-order valence-corrected chi connectivity index (χ2v) is 7.92. The van der Waals surface area contributed by atoms with Crippen LogP contribution in [-0.2, 0) is 11.2 Å². The van der Waals surface area contributed by atoms with E-state index in [9.17, 15) is 4.79 Å². The van der Waals surface area contributed by atoms with E-state index in [2.05, 4.69) is 16.2 Å². The average molecular weight is 392 g/mol. The molecule has 0 saturated heterocycles. The van der Waals surface area contributed by atoms with E-state index >= 15 is 0 Å². The molecule has 2 fully saturated rings. The Labute approximate surface area is 166 Å². The Morgan fingerprint density at radius 1 is 1.15 bits per heavy atom. The highest BCUT2D eigenvalue weighted by atomic mass is 32.1. The maximum absolute atomic E-state index is 12.1. The third-order valence-electron chi connectivity index (χ3n) is 5.79. The molecule has 148 valence electrons. The van der Waals surface area contributed by atoms with Crippen LogP contribution in [0.2, 0.25) is 0 Å².